The molecule has 1 heterocycles. The Morgan fingerprint density at radius 1 is 1.33 bits per heavy atom. The van der Waals surface area contributed by atoms with E-state index in [2.05, 4.69) is 15.5 Å². The third-order valence-electron chi connectivity index (χ3n) is 2.11. The fourth-order valence-corrected chi connectivity index (χ4v) is 1.58. The first-order chi connectivity index (χ1) is 8.01. The summed E-state index contributed by atoms with van der Waals surface area (Å²) in [4.78, 5) is 11.6. The van der Waals surface area contributed by atoms with Gasteiger partial charge in [0.1, 0.15) is 0 Å². The highest BCUT2D eigenvalue weighted by molar-refractivity contribution is 7.15. The first-order valence-electron chi connectivity index (χ1n) is 4.99. The molecule has 0 aliphatic rings. The number of alkyl halides is 3. The summed E-state index contributed by atoms with van der Waals surface area (Å²) in [6, 6.07) is -0.851. The molecule has 0 radical (unpaired) electrons. The lowest BCUT2D eigenvalue weighted by Crippen LogP contribution is -2.45. The number of hydrogen-bond donors (Lipinski definition) is 2. The van der Waals surface area contributed by atoms with E-state index in [4.69, 9.17) is 5.73 Å². The Balaban J connectivity index is 2.75. The van der Waals surface area contributed by atoms with Crippen LogP contribution in [0.15, 0.2) is 0 Å². The Hall–Kier alpha value is -1.22. The van der Waals surface area contributed by atoms with Crippen molar-refractivity contribution in [2.75, 3.05) is 5.32 Å². The Morgan fingerprint density at radius 2 is 1.89 bits per heavy atom. The van der Waals surface area contributed by atoms with Crippen LogP contribution in [0.1, 0.15) is 25.8 Å². The molecule has 1 amide bonds. The van der Waals surface area contributed by atoms with Gasteiger partial charge in [-0.25, -0.2) is 0 Å². The molecule has 18 heavy (non-hydrogen) atoms. The summed E-state index contributed by atoms with van der Waals surface area (Å²) in [5.41, 5.74) is 5.16. The highest BCUT2D eigenvalue weighted by atomic mass is 32.1. The summed E-state index contributed by atoms with van der Waals surface area (Å²) in [5, 5.41) is 7.09. The number of nitrogens with two attached hydrogens (primary N) is 1. The van der Waals surface area contributed by atoms with E-state index in [1.54, 1.807) is 20.8 Å². The molecule has 9 heteroatoms. The van der Waals surface area contributed by atoms with Gasteiger partial charge in [0.2, 0.25) is 16.0 Å². The topological polar surface area (TPSA) is 80.9 Å². The lowest BCUT2D eigenvalue weighted by molar-refractivity contribution is -0.138. The van der Waals surface area contributed by atoms with Crippen molar-refractivity contribution < 1.29 is 18.0 Å². The van der Waals surface area contributed by atoms with Crippen molar-refractivity contribution in [3.05, 3.63) is 5.01 Å². The Bertz CT molecular complexity index is 438. The molecule has 0 saturated carbocycles. The molecular formula is C9H13F3N4OS. The first-order valence-corrected chi connectivity index (χ1v) is 5.80. The number of halogens is 3. The van der Waals surface area contributed by atoms with E-state index < -0.39 is 28.5 Å². The average Bonchev–Trinajstić information content (AvgIpc) is 2.62. The second-order valence-electron chi connectivity index (χ2n) is 4.74. The number of aromatic nitrogens is 2. The molecule has 1 rings (SSSR count). The standard InChI is InChI=1S/C9H13F3N4OS/c1-8(2,3)4(13)5(17)14-7-16-15-6(18-7)9(10,11)12/h4H,13H2,1-3H3,(H,14,16,17)/t4-/m1/s1. The molecule has 0 spiro atoms. The molecule has 1 aromatic heterocycles. The van der Waals surface area contributed by atoms with Gasteiger partial charge in [0.15, 0.2) is 0 Å². The number of rotatable bonds is 2. The molecule has 0 unspecified atom stereocenters. The molecule has 0 saturated heterocycles. The van der Waals surface area contributed by atoms with Crippen molar-refractivity contribution in [1.29, 1.82) is 0 Å². The monoisotopic (exact) mass is 282 g/mol. The number of anilines is 1. The minimum Gasteiger partial charge on any atom is -0.319 e. The minimum absolute atomic E-state index is 0.216. The average molecular weight is 282 g/mol. The van der Waals surface area contributed by atoms with Crippen LogP contribution >= 0.6 is 11.3 Å². The van der Waals surface area contributed by atoms with E-state index >= 15 is 0 Å². The van der Waals surface area contributed by atoms with Crippen molar-refractivity contribution in [3.63, 3.8) is 0 Å². The van der Waals surface area contributed by atoms with Gasteiger partial charge >= 0.3 is 6.18 Å². The number of hydrogen-bond acceptors (Lipinski definition) is 5. The first kappa shape index (κ1) is 14.8. The summed E-state index contributed by atoms with van der Waals surface area (Å²) in [6.07, 6.45) is -4.56. The second-order valence-corrected chi connectivity index (χ2v) is 5.72. The Morgan fingerprint density at radius 3 is 2.28 bits per heavy atom. The quantitative estimate of drug-likeness (QED) is 0.867. The predicted octanol–water partition coefficient (Wildman–Crippen LogP) is 1.87. The molecule has 0 fully saturated rings. The van der Waals surface area contributed by atoms with Gasteiger partial charge in [-0.1, -0.05) is 32.1 Å². The van der Waals surface area contributed by atoms with Gasteiger partial charge in [-0.3, -0.25) is 10.1 Å². The normalized spacial score (nSPS) is 14.4. The number of carbonyl (C=O) groups is 1. The number of carbonyl (C=O) groups excluding carboxylic acids is 1. The van der Waals surface area contributed by atoms with Crippen molar-refractivity contribution in [2.24, 2.45) is 11.1 Å². The van der Waals surface area contributed by atoms with Crippen molar-refractivity contribution >= 4 is 22.4 Å². The van der Waals surface area contributed by atoms with Crippen LogP contribution in [0.2, 0.25) is 0 Å². The van der Waals surface area contributed by atoms with E-state index in [0.717, 1.165) is 0 Å². The lowest BCUT2D eigenvalue weighted by atomic mass is 9.87. The highest BCUT2D eigenvalue weighted by Gasteiger charge is 2.36. The zero-order chi connectivity index (χ0) is 14.1. The van der Waals surface area contributed by atoms with Gasteiger partial charge in [0, 0.05) is 0 Å². The van der Waals surface area contributed by atoms with Crippen LogP contribution in [0, 0.1) is 5.41 Å². The van der Waals surface area contributed by atoms with Gasteiger partial charge in [-0.15, -0.1) is 10.2 Å². The van der Waals surface area contributed by atoms with E-state index in [-0.39, 0.29) is 16.5 Å². The Labute approximate surface area is 106 Å². The maximum Gasteiger partial charge on any atom is 0.445 e. The van der Waals surface area contributed by atoms with Gasteiger partial charge < -0.3 is 5.73 Å². The van der Waals surface area contributed by atoms with Crippen LogP contribution in [-0.4, -0.2) is 22.1 Å². The number of nitrogens with one attached hydrogen (secondary N) is 1. The molecule has 0 bridgehead atoms. The fraction of sp³-hybridized carbons (Fsp3) is 0.667. The largest absolute Gasteiger partial charge is 0.445 e. The summed E-state index contributed by atoms with van der Waals surface area (Å²) >= 11 is 0.261. The lowest BCUT2D eigenvalue weighted by Gasteiger charge is -2.25. The molecule has 3 N–H and O–H groups in total. The summed E-state index contributed by atoms with van der Waals surface area (Å²) in [5.74, 6) is -0.590. The number of amides is 1. The minimum atomic E-state index is -4.56. The molecule has 102 valence electrons. The predicted molar refractivity (Wildman–Crippen MR) is 61.0 cm³/mol. The van der Waals surface area contributed by atoms with Crippen LogP contribution in [-0.2, 0) is 11.0 Å². The van der Waals surface area contributed by atoms with Crippen molar-refractivity contribution in [3.8, 4) is 0 Å². The third-order valence-corrected chi connectivity index (χ3v) is 3.00. The molecule has 1 atom stereocenters. The van der Waals surface area contributed by atoms with Crippen LogP contribution in [0.4, 0.5) is 18.3 Å². The van der Waals surface area contributed by atoms with E-state index in [1.165, 1.54) is 0 Å². The molecular weight excluding hydrogens is 269 g/mol. The smallest absolute Gasteiger partial charge is 0.319 e. The molecule has 1 aromatic rings. The van der Waals surface area contributed by atoms with Gasteiger partial charge in [0.25, 0.3) is 0 Å². The molecule has 5 nitrogen and oxygen atoms in total. The van der Waals surface area contributed by atoms with E-state index in [1.807, 2.05) is 0 Å². The third kappa shape index (κ3) is 3.64. The zero-order valence-electron chi connectivity index (χ0n) is 10.00. The van der Waals surface area contributed by atoms with Crippen LogP contribution in [0.25, 0.3) is 0 Å². The van der Waals surface area contributed by atoms with Crippen LogP contribution < -0.4 is 11.1 Å². The SMILES string of the molecule is CC(C)(C)[C@H](N)C(=O)Nc1nnc(C(F)(F)F)s1. The summed E-state index contributed by atoms with van der Waals surface area (Å²) in [7, 11) is 0. The maximum absolute atomic E-state index is 12.3. The fourth-order valence-electron chi connectivity index (χ4n) is 0.965. The summed E-state index contributed by atoms with van der Waals surface area (Å²) < 4.78 is 36.8. The highest BCUT2D eigenvalue weighted by Crippen LogP contribution is 2.33. The summed E-state index contributed by atoms with van der Waals surface area (Å²) in [6.45, 7) is 5.25. The molecule has 0 aromatic carbocycles. The molecule has 0 aliphatic heterocycles. The van der Waals surface area contributed by atoms with Crippen molar-refractivity contribution in [1.82, 2.24) is 10.2 Å². The van der Waals surface area contributed by atoms with E-state index in [9.17, 15) is 18.0 Å². The molecule has 0 aliphatic carbocycles. The van der Waals surface area contributed by atoms with E-state index in [0.29, 0.717) is 0 Å². The van der Waals surface area contributed by atoms with Gasteiger partial charge in [-0.2, -0.15) is 13.2 Å². The van der Waals surface area contributed by atoms with Crippen molar-refractivity contribution in [2.45, 2.75) is 33.0 Å². The van der Waals surface area contributed by atoms with Crippen LogP contribution in [0.5, 0.6) is 0 Å². The Kier molecular flexibility index (Phi) is 3.96. The van der Waals surface area contributed by atoms with Gasteiger partial charge in [0.05, 0.1) is 6.04 Å². The van der Waals surface area contributed by atoms with Gasteiger partial charge in [-0.05, 0) is 5.41 Å². The van der Waals surface area contributed by atoms with Crippen LogP contribution in [0.3, 0.4) is 0 Å². The second kappa shape index (κ2) is 4.81. The number of nitrogens with zero attached hydrogens (tertiary/aromatic N) is 2. The zero-order valence-corrected chi connectivity index (χ0v) is 10.8. The maximum atomic E-state index is 12.3.